The molecule has 0 radical (unpaired) electrons. The minimum atomic E-state index is -1.60. The van der Waals surface area contributed by atoms with Gasteiger partial charge in [-0.3, -0.25) is 0 Å². The first-order chi connectivity index (χ1) is 13.8. The highest BCUT2D eigenvalue weighted by Gasteiger charge is 2.57. The van der Waals surface area contributed by atoms with Gasteiger partial charge in [0.15, 0.2) is 0 Å². The summed E-state index contributed by atoms with van der Waals surface area (Å²) in [5.41, 5.74) is 1.94. The van der Waals surface area contributed by atoms with Gasteiger partial charge < -0.3 is 29.9 Å². The van der Waals surface area contributed by atoms with E-state index < -0.39 is 30.2 Å². The van der Waals surface area contributed by atoms with Gasteiger partial charge in [0.1, 0.15) is 24.1 Å². The number of hydrogen-bond donors (Lipinski definition) is 4. The Morgan fingerprint density at radius 2 is 2.00 bits per heavy atom. The second-order valence-electron chi connectivity index (χ2n) is 7.44. The van der Waals surface area contributed by atoms with Crippen molar-refractivity contribution in [3.8, 4) is 0 Å². The molecular formula is C20H22ClFO6S. The van der Waals surface area contributed by atoms with E-state index in [-0.39, 0.29) is 25.5 Å². The quantitative estimate of drug-likeness (QED) is 0.574. The van der Waals surface area contributed by atoms with Crippen LogP contribution in [0.1, 0.15) is 33.4 Å². The van der Waals surface area contributed by atoms with Gasteiger partial charge in [-0.15, -0.1) is 11.3 Å². The number of aliphatic hydroxyl groups is 4. The van der Waals surface area contributed by atoms with Crippen LogP contribution in [-0.4, -0.2) is 51.4 Å². The third-order valence-electron chi connectivity index (χ3n) is 5.51. The average molecular weight is 445 g/mol. The lowest BCUT2D eigenvalue weighted by molar-refractivity contribution is -0.362. The summed E-state index contributed by atoms with van der Waals surface area (Å²) in [5.74, 6) is -1.96. The van der Waals surface area contributed by atoms with Crippen molar-refractivity contribution in [3.05, 3.63) is 55.5 Å². The average Bonchev–Trinajstić information content (AvgIpc) is 3.20. The van der Waals surface area contributed by atoms with Crippen LogP contribution in [0.25, 0.3) is 0 Å². The van der Waals surface area contributed by atoms with Gasteiger partial charge in [0.25, 0.3) is 0 Å². The van der Waals surface area contributed by atoms with Crippen LogP contribution >= 0.6 is 22.9 Å². The zero-order valence-corrected chi connectivity index (χ0v) is 17.2. The molecule has 2 aliphatic heterocycles. The molecule has 1 aromatic heterocycles. The second-order valence-corrected chi connectivity index (χ2v) is 9.07. The molecule has 2 aromatic rings. The summed E-state index contributed by atoms with van der Waals surface area (Å²) >= 11 is 7.70. The molecule has 2 aliphatic rings. The Bertz CT molecular complexity index is 921. The lowest BCUT2D eigenvalue weighted by Crippen LogP contribution is -2.62. The van der Waals surface area contributed by atoms with Gasteiger partial charge >= 0.3 is 0 Å². The number of fused-ring (bicyclic) bond motifs is 2. The van der Waals surface area contributed by atoms with Gasteiger partial charge in [-0.25, -0.2) is 4.39 Å². The molecule has 1 spiro atoms. The van der Waals surface area contributed by atoms with E-state index in [9.17, 15) is 19.7 Å². The number of ether oxygens (including phenoxy) is 2. The lowest BCUT2D eigenvalue weighted by atomic mass is 9.87. The molecule has 6 nitrogen and oxygen atoms in total. The van der Waals surface area contributed by atoms with Crippen molar-refractivity contribution in [2.24, 2.45) is 0 Å². The fourth-order valence-electron chi connectivity index (χ4n) is 3.95. The number of hydrogen-bond acceptors (Lipinski definition) is 7. The zero-order chi connectivity index (χ0) is 20.9. The fourth-order valence-corrected chi connectivity index (χ4v) is 5.26. The van der Waals surface area contributed by atoms with Gasteiger partial charge in [-0.2, -0.15) is 0 Å². The number of aliphatic hydroxyl groups excluding tert-OH is 4. The molecule has 3 heterocycles. The Balaban J connectivity index is 1.70. The molecule has 0 unspecified atom stereocenters. The van der Waals surface area contributed by atoms with Gasteiger partial charge in [-0.1, -0.05) is 11.6 Å². The van der Waals surface area contributed by atoms with Crippen LogP contribution in [0.3, 0.4) is 0 Å². The molecule has 0 amide bonds. The van der Waals surface area contributed by atoms with Crippen molar-refractivity contribution >= 4 is 22.9 Å². The predicted molar refractivity (Wildman–Crippen MR) is 104 cm³/mol. The minimum Gasteiger partial charge on any atom is -0.396 e. The molecule has 1 saturated heterocycles. The Labute approximate surface area is 176 Å². The molecule has 0 bridgehead atoms. The van der Waals surface area contributed by atoms with Gasteiger partial charge in [0, 0.05) is 39.8 Å². The third kappa shape index (κ3) is 3.51. The maximum Gasteiger partial charge on any atom is 0.225 e. The molecule has 4 rings (SSSR count). The lowest BCUT2D eigenvalue weighted by Gasteiger charge is -2.45. The van der Waals surface area contributed by atoms with Crippen LogP contribution in [0.15, 0.2) is 18.2 Å². The summed E-state index contributed by atoms with van der Waals surface area (Å²) in [6, 6.07) is 4.89. The second kappa shape index (κ2) is 7.86. The summed E-state index contributed by atoms with van der Waals surface area (Å²) in [6.07, 6.45) is -4.31. The van der Waals surface area contributed by atoms with Crippen molar-refractivity contribution in [2.45, 2.75) is 56.6 Å². The maximum atomic E-state index is 14.0. The standard InChI is InChI=1S/C20H22ClFO6S/c1-9-17(24)18(25)19(26)20(28-9)13-5-10(14(21)6-11(13)8-27-20)4-12-7-15(22)16(29-12)2-3-23/h5-7,9,17-19,23-26H,2-4,8H2,1H3/t9-,17-,18+,19-,20+/m1/s1. The van der Waals surface area contributed by atoms with Crippen molar-refractivity contribution in [2.75, 3.05) is 6.61 Å². The highest BCUT2D eigenvalue weighted by molar-refractivity contribution is 7.12. The minimum absolute atomic E-state index is 0.127. The molecule has 158 valence electrons. The van der Waals surface area contributed by atoms with E-state index >= 15 is 0 Å². The molecule has 9 heteroatoms. The molecule has 0 aliphatic carbocycles. The SMILES string of the molecule is C[C@H]1O[C@]2(OCc3cc(Cl)c(Cc4cc(F)c(CCO)s4)cc32)[C@H](O)[C@@H](O)[C@@H]1O. The van der Waals surface area contributed by atoms with Crippen molar-refractivity contribution in [3.63, 3.8) is 0 Å². The molecule has 5 atom stereocenters. The van der Waals surface area contributed by atoms with E-state index in [2.05, 4.69) is 0 Å². The summed E-state index contributed by atoms with van der Waals surface area (Å²) in [5, 5.41) is 40.4. The van der Waals surface area contributed by atoms with Crippen molar-refractivity contribution < 1.29 is 34.3 Å². The molecule has 4 N–H and O–H groups in total. The monoisotopic (exact) mass is 444 g/mol. The van der Waals surface area contributed by atoms with Crippen molar-refractivity contribution in [1.29, 1.82) is 0 Å². The molecular weight excluding hydrogens is 423 g/mol. The van der Waals surface area contributed by atoms with E-state index in [4.69, 9.17) is 26.2 Å². The summed E-state index contributed by atoms with van der Waals surface area (Å²) in [7, 11) is 0. The summed E-state index contributed by atoms with van der Waals surface area (Å²) in [6.45, 7) is 1.60. The Morgan fingerprint density at radius 1 is 1.24 bits per heavy atom. The fraction of sp³-hybridized carbons (Fsp3) is 0.500. The first-order valence-electron chi connectivity index (χ1n) is 9.32. The number of rotatable bonds is 4. The number of benzene rings is 1. The van der Waals surface area contributed by atoms with Crippen LogP contribution in [0.2, 0.25) is 5.02 Å². The van der Waals surface area contributed by atoms with Gasteiger partial charge in [0.2, 0.25) is 5.79 Å². The van der Waals surface area contributed by atoms with E-state index in [1.165, 1.54) is 17.4 Å². The van der Waals surface area contributed by atoms with Crippen LogP contribution in [0.5, 0.6) is 0 Å². The van der Waals surface area contributed by atoms with Gasteiger partial charge in [0.05, 0.1) is 12.7 Å². The largest absolute Gasteiger partial charge is 0.396 e. The molecule has 1 aromatic carbocycles. The number of thiophene rings is 1. The van der Waals surface area contributed by atoms with E-state index in [0.717, 1.165) is 4.88 Å². The van der Waals surface area contributed by atoms with Gasteiger partial charge in [-0.05, 0) is 36.2 Å². The van der Waals surface area contributed by atoms with Crippen LogP contribution < -0.4 is 0 Å². The summed E-state index contributed by atoms with van der Waals surface area (Å²) < 4.78 is 25.6. The molecule has 0 saturated carbocycles. The maximum absolute atomic E-state index is 14.0. The van der Waals surface area contributed by atoms with E-state index in [0.29, 0.717) is 33.0 Å². The Morgan fingerprint density at radius 3 is 2.72 bits per heavy atom. The van der Waals surface area contributed by atoms with Crippen LogP contribution in [0.4, 0.5) is 4.39 Å². The molecule has 29 heavy (non-hydrogen) atoms. The zero-order valence-electron chi connectivity index (χ0n) is 15.6. The smallest absolute Gasteiger partial charge is 0.225 e. The normalized spacial score (nSPS) is 31.4. The van der Waals surface area contributed by atoms with Crippen molar-refractivity contribution in [1.82, 2.24) is 0 Å². The third-order valence-corrected chi connectivity index (χ3v) is 7.03. The topological polar surface area (TPSA) is 99.4 Å². The summed E-state index contributed by atoms with van der Waals surface area (Å²) in [4.78, 5) is 1.23. The van der Waals surface area contributed by atoms with E-state index in [1.54, 1.807) is 19.1 Å². The highest BCUT2D eigenvalue weighted by atomic mass is 35.5. The molecule has 1 fully saturated rings. The highest BCUT2D eigenvalue weighted by Crippen LogP contribution is 2.47. The first kappa shape index (κ1) is 21.1. The predicted octanol–water partition coefficient (Wildman–Crippen LogP) is 1.85. The first-order valence-corrected chi connectivity index (χ1v) is 10.5. The Kier molecular flexibility index (Phi) is 5.73. The van der Waals surface area contributed by atoms with Crippen LogP contribution in [0, 0.1) is 5.82 Å². The Hall–Kier alpha value is -1.10. The van der Waals surface area contributed by atoms with Crippen LogP contribution in [-0.2, 0) is 34.7 Å². The van der Waals surface area contributed by atoms with E-state index in [1.807, 2.05) is 0 Å². The number of halogens is 2.